The van der Waals surface area contributed by atoms with E-state index in [1.807, 2.05) is 0 Å². The lowest BCUT2D eigenvalue weighted by molar-refractivity contribution is -0.138. The molecule has 0 heterocycles. The number of carbonyl (C=O) groups is 1. The van der Waals surface area contributed by atoms with Crippen LogP contribution < -0.4 is 5.32 Å². The summed E-state index contributed by atoms with van der Waals surface area (Å²) in [6.45, 7) is 0.245. The number of thiol groups is 1. The average Bonchev–Trinajstić information content (AvgIpc) is 1.96. The van der Waals surface area contributed by atoms with Gasteiger partial charge >= 0.3 is 13.1 Å². The molecular formula is C5H12BNO4S. The van der Waals surface area contributed by atoms with Crippen LogP contribution in [0, 0.1) is 0 Å². The predicted molar refractivity (Wildman–Crippen MR) is 48.3 cm³/mol. The van der Waals surface area contributed by atoms with Crippen LogP contribution >= 0.6 is 12.6 Å². The SMILES string of the molecule is O=C(O)C(CS)NCCB(O)O. The van der Waals surface area contributed by atoms with E-state index in [-0.39, 0.29) is 18.6 Å². The molecule has 12 heavy (non-hydrogen) atoms. The van der Waals surface area contributed by atoms with Crippen molar-refractivity contribution < 1.29 is 19.9 Å². The summed E-state index contributed by atoms with van der Waals surface area (Å²) in [6.07, 6.45) is 0.109. The van der Waals surface area contributed by atoms with Crippen molar-refractivity contribution in [3.8, 4) is 0 Å². The molecule has 7 heteroatoms. The van der Waals surface area contributed by atoms with Crippen LogP contribution in [0.4, 0.5) is 0 Å². The molecule has 0 fully saturated rings. The normalized spacial score (nSPS) is 12.6. The molecule has 4 N–H and O–H groups in total. The Morgan fingerprint density at radius 1 is 1.58 bits per heavy atom. The van der Waals surface area contributed by atoms with Crippen molar-refractivity contribution in [2.75, 3.05) is 12.3 Å². The summed E-state index contributed by atoms with van der Waals surface area (Å²) in [7, 11) is -1.40. The van der Waals surface area contributed by atoms with Crippen LogP contribution in [-0.4, -0.2) is 46.6 Å². The second-order valence-corrected chi connectivity index (χ2v) is 2.66. The number of nitrogens with one attached hydrogen (secondary N) is 1. The van der Waals surface area contributed by atoms with Crippen LogP contribution in [0.1, 0.15) is 0 Å². The second kappa shape index (κ2) is 6.30. The molecule has 0 bridgehead atoms. The minimum absolute atomic E-state index is 0.109. The second-order valence-electron chi connectivity index (χ2n) is 2.30. The molecule has 70 valence electrons. The van der Waals surface area contributed by atoms with E-state index in [0.29, 0.717) is 0 Å². The lowest BCUT2D eigenvalue weighted by Gasteiger charge is -2.10. The van der Waals surface area contributed by atoms with Crippen LogP contribution in [0.3, 0.4) is 0 Å². The zero-order valence-corrected chi connectivity index (χ0v) is 7.37. The van der Waals surface area contributed by atoms with Gasteiger partial charge in [-0.15, -0.1) is 0 Å². The fourth-order valence-corrected chi connectivity index (χ4v) is 0.902. The Morgan fingerprint density at radius 2 is 2.17 bits per heavy atom. The Morgan fingerprint density at radius 3 is 2.50 bits per heavy atom. The standard InChI is InChI=1S/C5H12BNO4S/c8-5(9)4(3-12)7-2-1-6(10)11/h4,7,10-12H,1-3H2,(H,8,9). The zero-order chi connectivity index (χ0) is 9.56. The largest absolute Gasteiger partial charge is 0.480 e. The summed E-state index contributed by atoms with van der Waals surface area (Å²) < 4.78 is 0. The van der Waals surface area contributed by atoms with E-state index in [2.05, 4.69) is 17.9 Å². The molecule has 0 aromatic heterocycles. The van der Waals surface area contributed by atoms with Crippen molar-refractivity contribution >= 4 is 25.7 Å². The van der Waals surface area contributed by atoms with E-state index in [1.54, 1.807) is 0 Å². The highest BCUT2D eigenvalue weighted by Crippen LogP contribution is 1.89. The average molecular weight is 193 g/mol. The van der Waals surface area contributed by atoms with E-state index < -0.39 is 19.1 Å². The van der Waals surface area contributed by atoms with Crippen LogP contribution in [0.15, 0.2) is 0 Å². The third kappa shape index (κ3) is 5.42. The van der Waals surface area contributed by atoms with Crippen molar-refractivity contribution in [3.63, 3.8) is 0 Å². The Hall–Kier alpha value is -0.235. The van der Waals surface area contributed by atoms with E-state index in [0.717, 1.165) is 0 Å². The van der Waals surface area contributed by atoms with Crippen LogP contribution in [0.5, 0.6) is 0 Å². The molecule has 1 unspecified atom stereocenters. The number of carboxylic acid groups (broad SMARTS) is 1. The van der Waals surface area contributed by atoms with Crippen molar-refractivity contribution in [2.45, 2.75) is 12.4 Å². The highest BCUT2D eigenvalue weighted by Gasteiger charge is 2.15. The van der Waals surface area contributed by atoms with Gasteiger partial charge in [0.25, 0.3) is 0 Å². The fourth-order valence-electron chi connectivity index (χ4n) is 0.617. The minimum atomic E-state index is -1.40. The van der Waals surface area contributed by atoms with Gasteiger partial charge in [0, 0.05) is 5.75 Å². The smallest absolute Gasteiger partial charge is 0.452 e. The minimum Gasteiger partial charge on any atom is -0.480 e. The summed E-state index contributed by atoms with van der Waals surface area (Å²) >= 11 is 3.81. The van der Waals surface area contributed by atoms with Crippen molar-refractivity contribution in [3.05, 3.63) is 0 Å². The van der Waals surface area contributed by atoms with Gasteiger partial charge in [-0.2, -0.15) is 12.6 Å². The Kier molecular flexibility index (Phi) is 6.18. The number of hydrogen-bond donors (Lipinski definition) is 5. The van der Waals surface area contributed by atoms with E-state index >= 15 is 0 Å². The van der Waals surface area contributed by atoms with Crippen molar-refractivity contribution in [2.24, 2.45) is 0 Å². The van der Waals surface area contributed by atoms with Gasteiger partial charge in [0.2, 0.25) is 0 Å². The summed E-state index contributed by atoms with van der Waals surface area (Å²) in [5.74, 6) is -0.811. The third-order valence-electron chi connectivity index (χ3n) is 1.27. The molecule has 0 saturated carbocycles. The number of rotatable bonds is 6. The van der Waals surface area contributed by atoms with Crippen LogP contribution in [0.25, 0.3) is 0 Å². The van der Waals surface area contributed by atoms with Gasteiger partial charge in [0.1, 0.15) is 6.04 Å². The number of aliphatic carboxylic acids is 1. The first-order valence-electron chi connectivity index (χ1n) is 3.51. The van der Waals surface area contributed by atoms with E-state index in [4.69, 9.17) is 15.2 Å². The summed E-state index contributed by atoms with van der Waals surface area (Å²) in [5, 5.41) is 28.0. The Balaban J connectivity index is 3.52. The van der Waals surface area contributed by atoms with Crippen molar-refractivity contribution in [1.29, 1.82) is 0 Å². The molecule has 0 aliphatic heterocycles. The molecule has 0 spiro atoms. The van der Waals surface area contributed by atoms with Crippen LogP contribution in [-0.2, 0) is 4.79 Å². The van der Waals surface area contributed by atoms with Crippen molar-refractivity contribution in [1.82, 2.24) is 5.32 Å². The van der Waals surface area contributed by atoms with Gasteiger partial charge in [-0.1, -0.05) is 0 Å². The van der Waals surface area contributed by atoms with Gasteiger partial charge in [0.15, 0.2) is 0 Å². The summed E-state index contributed by atoms with van der Waals surface area (Å²) in [5.41, 5.74) is 0. The molecule has 0 aliphatic rings. The molecular weight excluding hydrogens is 181 g/mol. The quantitative estimate of drug-likeness (QED) is 0.260. The Labute approximate surface area is 76.3 Å². The number of carboxylic acids is 1. The third-order valence-corrected chi connectivity index (χ3v) is 1.64. The highest BCUT2D eigenvalue weighted by atomic mass is 32.1. The van der Waals surface area contributed by atoms with Gasteiger partial charge < -0.3 is 20.5 Å². The fraction of sp³-hybridized carbons (Fsp3) is 0.800. The lowest BCUT2D eigenvalue weighted by atomic mass is 9.86. The van der Waals surface area contributed by atoms with Gasteiger partial charge in [-0.25, -0.2) is 0 Å². The highest BCUT2D eigenvalue weighted by molar-refractivity contribution is 7.80. The topological polar surface area (TPSA) is 89.8 Å². The maximum absolute atomic E-state index is 10.4. The first-order valence-corrected chi connectivity index (χ1v) is 4.14. The van der Waals surface area contributed by atoms with E-state index in [9.17, 15) is 4.79 Å². The molecule has 0 aliphatic carbocycles. The Bertz CT molecular complexity index is 145. The summed E-state index contributed by atoms with van der Waals surface area (Å²) in [6, 6.07) is -0.730. The van der Waals surface area contributed by atoms with Gasteiger partial charge in [-0.05, 0) is 12.9 Å². The van der Waals surface area contributed by atoms with Gasteiger partial charge in [-0.3, -0.25) is 4.79 Å². The van der Waals surface area contributed by atoms with Crippen LogP contribution in [0.2, 0.25) is 6.32 Å². The lowest BCUT2D eigenvalue weighted by Crippen LogP contribution is -2.39. The monoisotopic (exact) mass is 193 g/mol. The molecule has 0 aromatic rings. The molecule has 1 atom stereocenters. The zero-order valence-electron chi connectivity index (χ0n) is 6.47. The van der Waals surface area contributed by atoms with Gasteiger partial charge in [0.05, 0.1) is 0 Å². The summed E-state index contributed by atoms with van der Waals surface area (Å²) in [4.78, 5) is 10.4. The molecule has 0 aromatic carbocycles. The number of hydrogen-bond acceptors (Lipinski definition) is 5. The predicted octanol–water partition coefficient (Wildman–Crippen LogP) is -1.57. The molecule has 0 radical (unpaired) electrons. The maximum Gasteiger partial charge on any atom is 0.452 e. The first-order chi connectivity index (χ1) is 5.57. The first kappa shape index (κ1) is 11.8. The van der Waals surface area contributed by atoms with E-state index in [1.165, 1.54) is 0 Å². The molecule has 0 amide bonds. The molecule has 0 saturated heterocycles. The molecule has 5 nitrogen and oxygen atoms in total. The maximum atomic E-state index is 10.4. The molecule has 0 rings (SSSR count).